The molecule has 0 saturated heterocycles. The summed E-state index contributed by atoms with van der Waals surface area (Å²) >= 11 is 1.51. The van der Waals surface area contributed by atoms with Crippen LogP contribution in [0.4, 0.5) is 0 Å². The third-order valence-electron chi connectivity index (χ3n) is 4.32. The standard InChI is InChI=1S/C19H22N2O5S/c1-6-26-18(22)15-11(2)20-19-21(7-8-27-19)16(15)12-9-13(23-3)17(25-5)14(10-12)24-4/h7-10,16H,6H2,1-5H3/t16-/m1/s1. The Morgan fingerprint density at radius 2 is 1.85 bits per heavy atom. The molecular formula is C19H22N2O5S. The molecule has 0 unspecified atom stereocenters. The number of carbonyl (C=O) groups excluding carboxylic acids is 1. The highest BCUT2D eigenvalue weighted by Gasteiger charge is 2.38. The largest absolute Gasteiger partial charge is 0.493 e. The van der Waals surface area contributed by atoms with Crippen LogP contribution in [0.1, 0.15) is 25.5 Å². The zero-order valence-corrected chi connectivity index (χ0v) is 16.8. The van der Waals surface area contributed by atoms with Gasteiger partial charge in [-0.15, -0.1) is 0 Å². The van der Waals surface area contributed by atoms with E-state index in [0.29, 0.717) is 35.1 Å². The Kier molecular flexibility index (Phi) is 5.65. The van der Waals surface area contributed by atoms with E-state index in [1.165, 1.54) is 11.8 Å². The smallest absolute Gasteiger partial charge is 0.338 e. The normalized spacial score (nSPS) is 18.2. The summed E-state index contributed by atoms with van der Waals surface area (Å²) in [5.41, 5.74) is 1.93. The minimum Gasteiger partial charge on any atom is -0.493 e. The summed E-state index contributed by atoms with van der Waals surface area (Å²) in [6.45, 7) is 3.89. The van der Waals surface area contributed by atoms with Crippen molar-refractivity contribution in [1.29, 1.82) is 0 Å². The molecule has 0 radical (unpaired) electrons. The summed E-state index contributed by atoms with van der Waals surface area (Å²) in [5.74, 6) is 1.15. The molecule has 0 amide bonds. The van der Waals surface area contributed by atoms with Gasteiger partial charge in [0.1, 0.15) is 0 Å². The Morgan fingerprint density at radius 1 is 1.19 bits per heavy atom. The molecule has 3 rings (SSSR count). The molecule has 2 aliphatic rings. The van der Waals surface area contributed by atoms with Crippen LogP contribution in [0.2, 0.25) is 0 Å². The number of benzene rings is 1. The highest BCUT2D eigenvalue weighted by molar-refractivity contribution is 8.16. The van der Waals surface area contributed by atoms with Gasteiger partial charge in [0, 0.05) is 6.20 Å². The van der Waals surface area contributed by atoms with E-state index < -0.39 is 6.04 Å². The molecule has 27 heavy (non-hydrogen) atoms. The minimum absolute atomic E-state index is 0.290. The lowest BCUT2D eigenvalue weighted by Gasteiger charge is -2.33. The lowest BCUT2D eigenvalue weighted by Crippen LogP contribution is -2.34. The number of methoxy groups -OCH3 is 3. The van der Waals surface area contributed by atoms with E-state index in [9.17, 15) is 4.79 Å². The summed E-state index contributed by atoms with van der Waals surface area (Å²) in [6, 6.07) is 3.29. The summed E-state index contributed by atoms with van der Waals surface area (Å²) in [7, 11) is 4.68. The van der Waals surface area contributed by atoms with Gasteiger partial charge in [-0.3, -0.25) is 0 Å². The second kappa shape index (κ2) is 7.96. The van der Waals surface area contributed by atoms with Crippen molar-refractivity contribution in [2.24, 2.45) is 4.99 Å². The van der Waals surface area contributed by atoms with Crippen LogP contribution in [0.3, 0.4) is 0 Å². The van der Waals surface area contributed by atoms with Crippen molar-refractivity contribution >= 4 is 22.9 Å². The first kappa shape index (κ1) is 19.2. The Hall–Kier alpha value is -2.61. The van der Waals surface area contributed by atoms with Crippen LogP contribution in [0.15, 0.2) is 40.0 Å². The third kappa shape index (κ3) is 3.37. The topological polar surface area (TPSA) is 69.6 Å². The molecule has 0 aliphatic carbocycles. The number of rotatable bonds is 6. The average molecular weight is 390 g/mol. The summed E-state index contributed by atoms with van der Waals surface area (Å²) in [4.78, 5) is 19.2. The molecular weight excluding hydrogens is 368 g/mol. The molecule has 0 N–H and O–H groups in total. The first-order valence-corrected chi connectivity index (χ1v) is 9.31. The average Bonchev–Trinajstić information content (AvgIpc) is 3.13. The lowest BCUT2D eigenvalue weighted by atomic mass is 9.94. The third-order valence-corrected chi connectivity index (χ3v) is 5.09. The van der Waals surface area contributed by atoms with Crippen molar-refractivity contribution in [2.45, 2.75) is 19.9 Å². The Labute approximate surface area is 162 Å². The minimum atomic E-state index is -0.406. The molecule has 0 spiro atoms. The molecule has 144 valence electrons. The number of allylic oxidation sites excluding steroid dienone is 1. The van der Waals surface area contributed by atoms with Gasteiger partial charge in [-0.05, 0) is 37.0 Å². The van der Waals surface area contributed by atoms with Crippen molar-refractivity contribution < 1.29 is 23.7 Å². The number of hydrogen-bond acceptors (Lipinski definition) is 8. The van der Waals surface area contributed by atoms with Crippen molar-refractivity contribution in [3.8, 4) is 17.2 Å². The van der Waals surface area contributed by atoms with E-state index in [2.05, 4.69) is 4.99 Å². The second-order valence-corrected chi connectivity index (χ2v) is 6.66. The van der Waals surface area contributed by atoms with Crippen molar-refractivity contribution in [1.82, 2.24) is 4.90 Å². The predicted molar refractivity (Wildman–Crippen MR) is 104 cm³/mol. The number of ether oxygens (including phenoxy) is 4. The fourth-order valence-electron chi connectivity index (χ4n) is 3.16. The van der Waals surface area contributed by atoms with Crippen LogP contribution in [0, 0.1) is 0 Å². The van der Waals surface area contributed by atoms with Crippen LogP contribution < -0.4 is 14.2 Å². The van der Waals surface area contributed by atoms with Crippen LogP contribution >= 0.6 is 11.8 Å². The summed E-state index contributed by atoms with van der Waals surface area (Å²) < 4.78 is 21.7. The Balaban J connectivity index is 2.18. The second-order valence-electron chi connectivity index (χ2n) is 5.79. The quantitative estimate of drug-likeness (QED) is 0.689. The van der Waals surface area contributed by atoms with Crippen LogP contribution in [-0.2, 0) is 9.53 Å². The number of hydrogen-bond donors (Lipinski definition) is 0. The molecule has 1 aromatic carbocycles. The first-order chi connectivity index (χ1) is 13.0. The van der Waals surface area contributed by atoms with E-state index in [-0.39, 0.29) is 5.97 Å². The number of nitrogens with zero attached hydrogens (tertiary/aromatic N) is 2. The number of amidine groups is 1. The van der Waals surface area contributed by atoms with E-state index in [1.54, 1.807) is 28.3 Å². The number of esters is 1. The SMILES string of the molecule is CCOC(=O)C1=C(C)N=C2SC=CN2[C@@H]1c1cc(OC)c(OC)c(OC)c1. The maximum absolute atomic E-state index is 12.7. The molecule has 1 atom stereocenters. The highest BCUT2D eigenvalue weighted by Crippen LogP contribution is 2.46. The van der Waals surface area contributed by atoms with E-state index in [4.69, 9.17) is 18.9 Å². The monoisotopic (exact) mass is 390 g/mol. The van der Waals surface area contributed by atoms with Crippen molar-refractivity contribution in [2.75, 3.05) is 27.9 Å². The van der Waals surface area contributed by atoms with Crippen molar-refractivity contribution in [3.63, 3.8) is 0 Å². The molecule has 2 aliphatic heterocycles. The van der Waals surface area contributed by atoms with Gasteiger partial charge < -0.3 is 23.8 Å². The highest BCUT2D eigenvalue weighted by atomic mass is 32.2. The molecule has 8 heteroatoms. The molecule has 0 aromatic heterocycles. The molecule has 0 bridgehead atoms. The number of thioether (sulfide) groups is 1. The molecule has 2 heterocycles. The fraction of sp³-hybridized carbons (Fsp3) is 0.368. The number of carbonyl (C=O) groups is 1. The van der Waals surface area contributed by atoms with Crippen LogP contribution in [0.25, 0.3) is 0 Å². The van der Waals surface area contributed by atoms with E-state index in [1.807, 2.05) is 35.6 Å². The van der Waals surface area contributed by atoms with Crippen LogP contribution in [-0.4, -0.2) is 44.0 Å². The molecule has 1 aromatic rings. The zero-order chi connectivity index (χ0) is 19.6. The van der Waals surface area contributed by atoms with E-state index >= 15 is 0 Å². The predicted octanol–water partition coefficient (Wildman–Crippen LogP) is 3.48. The number of fused-ring (bicyclic) bond motifs is 1. The fourth-order valence-corrected chi connectivity index (χ4v) is 3.95. The summed E-state index contributed by atoms with van der Waals surface area (Å²) in [5, 5.41) is 2.74. The van der Waals surface area contributed by atoms with Gasteiger partial charge in [0.05, 0.1) is 45.2 Å². The Morgan fingerprint density at radius 3 is 2.41 bits per heavy atom. The maximum atomic E-state index is 12.7. The Bertz CT molecular complexity index is 821. The van der Waals surface area contributed by atoms with Gasteiger partial charge in [0.2, 0.25) is 5.75 Å². The maximum Gasteiger partial charge on any atom is 0.338 e. The first-order valence-electron chi connectivity index (χ1n) is 8.43. The van der Waals surface area contributed by atoms with Gasteiger partial charge >= 0.3 is 5.97 Å². The van der Waals surface area contributed by atoms with Gasteiger partial charge in [0.15, 0.2) is 16.7 Å². The number of aliphatic imine (C=N–C) groups is 1. The molecule has 7 nitrogen and oxygen atoms in total. The van der Waals surface area contributed by atoms with Gasteiger partial charge in [-0.2, -0.15) is 0 Å². The van der Waals surface area contributed by atoms with Gasteiger partial charge in [-0.25, -0.2) is 9.79 Å². The van der Waals surface area contributed by atoms with Crippen LogP contribution in [0.5, 0.6) is 17.2 Å². The van der Waals surface area contributed by atoms with Gasteiger partial charge in [-0.1, -0.05) is 11.8 Å². The van der Waals surface area contributed by atoms with Gasteiger partial charge in [0.25, 0.3) is 0 Å². The summed E-state index contributed by atoms with van der Waals surface area (Å²) in [6.07, 6.45) is 1.91. The molecule has 0 fully saturated rings. The van der Waals surface area contributed by atoms with E-state index in [0.717, 1.165) is 10.7 Å². The van der Waals surface area contributed by atoms with Crippen molar-refractivity contribution in [3.05, 3.63) is 40.6 Å². The lowest BCUT2D eigenvalue weighted by molar-refractivity contribution is -0.139. The zero-order valence-electron chi connectivity index (χ0n) is 15.9. The molecule has 0 saturated carbocycles.